The molecule has 0 aliphatic rings. The van der Waals surface area contributed by atoms with Gasteiger partial charge in [-0.25, -0.2) is 4.79 Å². The number of nitrogens with one attached hydrogen (secondary N) is 2. The number of benzene rings is 1. The summed E-state index contributed by atoms with van der Waals surface area (Å²) in [5, 5.41) is 5.49. The molecule has 0 saturated carbocycles. The highest BCUT2D eigenvalue weighted by molar-refractivity contribution is 5.94. The Morgan fingerprint density at radius 2 is 1.68 bits per heavy atom. The van der Waals surface area contributed by atoms with Crippen LogP contribution in [0.15, 0.2) is 30.8 Å². The van der Waals surface area contributed by atoms with Gasteiger partial charge in [0.05, 0.1) is 6.42 Å². The quantitative estimate of drug-likeness (QED) is 0.212. The maximum Gasteiger partial charge on any atom is 0.408 e. The second-order valence-electron chi connectivity index (χ2n) is 11.1. The Kier molecular flexibility index (Phi) is 15.7. The summed E-state index contributed by atoms with van der Waals surface area (Å²) >= 11 is 0. The van der Waals surface area contributed by atoms with Gasteiger partial charge in [-0.1, -0.05) is 83.2 Å². The molecule has 0 aliphatic heterocycles. The van der Waals surface area contributed by atoms with Crippen LogP contribution < -0.4 is 16.4 Å². The molecule has 0 aliphatic carbocycles. The number of unbranched alkanes of at least 4 members (excludes halogenated alkanes) is 6. The summed E-state index contributed by atoms with van der Waals surface area (Å²) in [6.45, 7) is 13.8. The molecule has 0 heterocycles. The highest BCUT2D eigenvalue weighted by Crippen LogP contribution is 2.25. The summed E-state index contributed by atoms with van der Waals surface area (Å²) in [6, 6.07) is 5.02. The molecular weight excluding hydrogens is 508 g/mol. The van der Waals surface area contributed by atoms with Gasteiger partial charge in [-0.2, -0.15) is 0 Å². The number of ether oxygens (including phenoxy) is 1. The van der Waals surface area contributed by atoms with E-state index in [0.29, 0.717) is 18.5 Å². The molecule has 1 aromatic rings. The second kappa shape index (κ2) is 18.1. The van der Waals surface area contributed by atoms with E-state index in [0.717, 1.165) is 50.5 Å². The van der Waals surface area contributed by atoms with E-state index < -0.39 is 42.0 Å². The van der Waals surface area contributed by atoms with Crippen LogP contribution in [0.25, 0.3) is 6.08 Å². The van der Waals surface area contributed by atoms with E-state index in [1.54, 1.807) is 32.9 Å². The van der Waals surface area contributed by atoms with E-state index in [4.69, 9.17) is 10.5 Å². The van der Waals surface area contributed by atoms with Crippen LogP contribution in [-0.2, 0) is 19.1 Å². The fraction of sp³-hybridized carbons (Fsp3) is 0.613. The van der Waals surface area contributed by atoms with Gasteiger partial charge in [-0.05, 0) is 50.8 Å². The summed E-state index contributed by atoms with van der Waals surface area (Å²) in [6.07, 6.45) is 7.99. The number of amides is 4. The molecular formula is C31H50N4O5. The molecule has 9 heteroatoms. The second-order valence-corrected chi connectivity index (χ2v) is 11.1. The van der Waals surface area contributed by atoms with Gasteiger partial charge in [0.25, 0.3) is 0 Å². The fourth-order valence-corrected chi connectivity index (χ4v) is 4.29. The Labute approximate surface area is 240 Å². The minimum absolute atomic E-state index is 0.264. The van der Waals surface area contributed by atoms with Crippen molar-refractivity contribution in [3.8, 4) is 0 Å². The Morgan fingerprint density at radius 1 is 1.02 bits per heavy atom. The minimum Gasteiger partial charge on any atom is -0.444 e. The van der Waals surface area contributed by atoms with Gasteiger partial charge < -0.3 is 26.0 Å². The Hall–Kier alpha value is -3.36. The molecule has 4 amide bonds. The number of nitrogens with zero attached hydrogens (tertiary/aromatic N) is 1. The van der Waals surface area contributed by atoms with Crippen molar-refractivity contribution in [3.05, 3.63) is 42.0 Å². The molecule has 0 fully saturated rings. The Bertz CT molecular complexity index is 973. The van der Waals surface area contributed by atoms with Crippen molar-refractivity contribution < 1.29 is 23.9 Å². The monoisotopic (exact) mass is 558 g/mol. The number of alkyl carbamates (subject to hydrolysis) is 1. The predicted molar refractivity (Wildman–Crippen MR) is 159 cm³/mol. The number of hydrogen-bond donors (Lipinski definition) is 3. The van der Waals surface area contributed by atoms with Gasteiger partial charge in [0.1, 0.15) is 17.7 Å². The topological polar surface area (TPSA) is 131 Å². The molecule has 9 nitrogen and oxygen atoms in total. The Morgan fingerprint density at radius 3 is 2.27 bits per heavy atom. The number of nitrogens with two attached hydrogens (primary N) is 1. The molecule has 224 valence electrons. The Balaban J connectivity index is 3.47. The van der Waals surface area contributed by atoms with Crippen LogP contribution >= 0.6 is 0 Å². The largest absolute Gasteiger partial charge is 0.444 e. The fourth-order valence-electron chi connectivity index (χ4n) is 4.29. The van der Waals surface area contributed by atoms with Gasteiger partial charge in [0, 0.05) is 13.1 Å². The molecule has 40 heavy (non-hydrogen) atoms. The van der Waals surface area contributed by atoms with Gasteiger partial charge in [0.15, 0.2) is 0 Å². The van der Waals surface area contributed by atoms with Crippen molar-refractivity contribution in [1.82, 2.24) is 15.5 Å². The van der Waals surface area contributed by atoms with E-state index in [1.807, 2.05) is 25.1 Å². The summed E-state index contributed by atoms with van der Waals surface area (Å²) < 4.78 is 5.34. The van der Waals surface area contributed by atoms with E-state index in [-0.39, 0.29) is 12.5 Å². The molecule has 4 N–H and O–H groups in total. The molecule has 2 unspecified atom stereocenters. The number of hydrogen-bond acceptors (Lipinski definition) is 5. The average molecular weight is 559 g/mol. The lowest BCUT2D eigenvalue weighted by Gasteiger charge is -2.34. The van der Waals surface area contributed by atoms with Gasteiger partial charge in [-0.15, -0.1) is 0 Å². The highest BCUT2D eigenvalue weighted by Gasteiger charge is 2.36. The first-order chi connectivity index (χ1) is 18.9. The molecule has 1 aromatic carbocycles. The first-order valence-electron chi connectivity index (χ1n) is 14.5. The number of carbonyl (C=O) groups excluding carboxylic acids is 4. The molecule has 0 aromatic heterocycles. The zero-order valence-corrected chi connectivity index (χ0v) is 25.1. The molecule has 0 spiro atoms. The van der Waals surface area contributed by atoms with Crippen LogP contribution in [0, 0.1) is 0 Å². The summed E-state index contributed by atoms with van der Waals surface area (Å²) in [5.41, 5.74) is 6.08. The van der Waals surface area contributed by atoms with Crippen LogP contribution in [0.4, 0.5) is 4.79 Å². The van der Waals surface area contributed by atoms with Crippen molar-refractivity contribution in [2.24, 2.45) is 5.73 Å². The molecule has 2 atom stereocenters. The van der Waals surface area contributed by atoms with Crippen LogP contribution in [0.2, 0.25) is 0 Å². The lowest BCUT2D eigenvalue weighted by atomic mass is 9.99. The first kappa shape index (κ1) is 34.7. The average Bonchev–Trinajstić information content (AvgIpc) is 2.88. The van der Waals surface area contributed by atoms with Crippen LogP contribution in [-0.4, -0.2) is 53.4 Å². The summed E-state index contributed by atoms with van der Waals surface area (Å²) in [7, 11) is 0. The van der Waals surface area contributed by atoms with Crippen molar-refractivity contribution in [3.63, 3.8) is 0 Å². The third-order valence-corrected chi connectivity index (χ3v) is 6.28. The van der Waals surface area contributed by atoms with E-state index >= 15 is 0 Å². The third-order valence-electron chi connectivity index (χ3n) is 6.28. The smallest absolute Gasteiger partial charge is 0.408 e. The lowest BCUT2D eigenvalue weighted by Crippen LogP contribution is -2.54. The number of rotatable bonds is 18. The van der Waals surface area contributed by atoms with Crippen LogP contribution in [0.5, 0.6) is 0 Å². The molecule has 0 saturated heterocycles. The normalized spacial score (nSPS) is 12.6. The summed E-state index contributed by atoms with van der Waals surface area (Å²) in [5.74, 6) is -1.66. The van der Waals surface area contributed by atoms with Gasteiger partial charge in [0.2, 0.25) is 17.7 Å². The van der Waals surface area contributed by atoms with Crippen LogP contribution in [0.3, 0.4) is 0 Å². The predicted octanol–water partition coefficient (Wildman–Crippen LogP) is 5.24. The standard InChI is InChI=1S/C31H50N4O5/c1-7-10-12-13-14-15-20-35(29(38)25(22-26(32)36)34-30(39)40-31(4,5)6)27(28(37)33-19-11-8-2)24-18-16-17-23(9-3)21-24/h9,16-18,21,25,27H,3,7-8,10-15,19-20,22H2,1-2,4-6H3,(H2,32,36)(H,33,37)(H,34,39). The van der Waals surface area contributed by atoms with Crippen molar-refractivity contribution in [1.29, 1.82) is 0 Å². The third kappa shape index (κ3) is 13.1. The van der Waals surface area contributed by atoms with Crippen molar-refractivity contribution >= 4 is 29.9 Å². The highest BCUT2D eigenvalue weighted by atomic mass is 16.6. The summed E-state index contributed by atoms with van der Waals surface area (Å²) in [4.78, 5) is 53.8. The zero-order chi connectivity index (χ0) is 30.1. The molecule has 1 rings (SSSR count). The number of primary amides is 1. The first-order valence-corrected chi connectivity index (χ1v) is 14.5. The van der Waals surface area contributed by atoms with E-state index in [1.165, 1.54) is 4.90 Å². The molecule has 0 radical (unpaired) electrons. The number of carbonyl (C=O) groups is 4. The van der Waals surface area contributed by atoms with E-state index in [2.05, 4.69) is 24.1 Å². The minimum atomic E-state index is -1.29. The van der Waals surface area contributed by atoms with Crippen LogP contribution in [0.1, 0.15) is 110 Å². The zero-order valence-electron chi connectivity index (χ0n) is 25.1. The van der Waals surface area contributed by atoms with E-state index in [9.17, 15) is 19.2 Å². The maximum atomic E-state index is 14.1. The van der Waals surface area contributed by atoms with Gasteiger partial charge in [-0.3, -0.25) is 14.4 Å². The lowest BCUT2D eigenvalue weighted by molar-refractivity contribution is -0.143. The van der Waals surface area contributed by atoms with Crippen molar-refractivity contribution in [2.75, 3.05) is 13.1 Å². The van der Waals surface area contributed by atoms with Gasteiger partial charge >= 0.3 is 6.09 Å². The maximum absolute atomic E-state index is 14.1. The van der Waals surface area contributed by atoms with Crippen molar-refractivity contribution in [2.45, 2.75) is 110 Å². The SMILES string of the molecule is C=Cc1cccc(C(C(=O)NCCCC)N(CCCCCCCC)C(=O)C(CC(N)=O)NC(=O)OC(C)(C)C)c1. The molecule has 0 bridgehead atoms.